The average molecular weight is 346 g/mol. The van der Waals surface area contributed by atoms with Crippen molar-refractivity contribution in [3.63, 3.8) is 0 Å². The molecular formula is C14H20BrNO4. The maximum atomic E-state index is 11.1. The highest BCUT2D eigenvalue weighted by molar-refractivity contribution is 9.08. The Balaban J connectivity index is 2.99. The fraction of sp³-hybridized carbons (Fsp3) is 0.571. The summed E-state index contributed by atoms with van der Waals surface area (Å²) in [4.78, 5) is 10.7. The molecule has 0 amide bonds. The maximum Gasteiger partial charge on any atom is 0.277 e. The molecule has 20 heavy (non-hydrogen) atoms. The van der Waals surface area contributed by atoms with E-state index >= 15 is 0 Å². The van der Waals surface area contributed by atoms with E-state index in [2.05, 4.69) is 29.8 Å². The summed E-state index contributed by atoms with van der Waals surface area (Å²) in [6.07, 6.45) is 2.15. The fourth-order valence-electron chi connectivity index (χ4n) is 1.95. The lowest BCUT2D eigenvalue weighted by Gasteiger charge is -2.15. The lowest BCUT2D eigenvalue weighted by molar-refractivity contribution is -0.385. The Bertz CT molecular complexity index is 465. The Morgan fingerprint density at radius 2 is 2.10 bits per heavy atom. The predicted molar refractivity (Wildman–Crippen MR) is 81.8 cm³/mol. The molecule has 1 atom stereocenters. The van der Waals surface area contributed by atoms with Gasteiger partial charge in [0.05, 0.1) is 24.7 Å². The third-order valence-electron chi connectivity index (χ3n) is 3.01. The molecule has 0 fully saturated rings. The summed E-state index contributed by atoms with van der Waals surface area (Å²) in [5.74, 6) is 1.35. The van der Waals surface area contributed by atoms with Crippen molar-refractivity contribution in [3.05, 3.63) is 27.8 Å². The van der Waals surface area contributed by atoms with Crippen molar-refractivity contribution in [2.24, 2.45) is 5.92 Å². The zero-order valence-electron chi connectivity index (χ0n) is 12.0. The van der Waals surface area contributed by atoms with Gasteiger partial charge in [0.15, 0.2) is 11.5 Å². The van der Waals surface area contributed by atoms with Crippen molar-refractivity contribution in [2.75, 3.05) is 13.7 Å². The van der Waals surface area contributed by atoms with E-state index in [1.165, 1.54) is 13.2 Å². The molecule has 0 aromatic heterocycles. The monoisotopic (exact) mass is 345 g/mol. The summed E-state index contributed by atoms with van der Waals surface area (Å²) in [7, 11) is 1.53. The van der Waals surface area contributed by atoms with Crippen LogP contribution in [-0.2, 0) is 5.33 Å². The van der Waals surface area contributed by atoms with Gasteiger partial charge in [-0.1, -0.05) is 36.2 Å². The van der Waals surface area contributed by atoms with Gasteiger partial charge in [0.2, 0.25) is 0 Å². The van der Waals surface area contributed by atoms with Gasteiger partial charge in [-0.2, -0.15) is 0 Å². The molecule has 1 aromatic rings. The minimum absolute atomic E-state index is 0.0424. The van der Waals surface area contributed by atoms with E-state index in [1.54, 1.807) is 6.07 Å². The normalized spacial score (nSPS) is 12.0. The van der Waals surface area contributed by atoms with Gasteiger partial charge in [-0.25, -0.2) is 0 Å². The van der Waals surface area contributed by atoms with Crippen molar-refractivity contribution >= 4 is 21.6 Å². The second-order valence-electron chi connectivity index (χ2n) is 4.73. The van der Waals surface area contributed by atoms with E-state index in [-0.39, 0.29) is 5.69 Å². The smallest absolute Gasteiger partial charge is 0.277 e. The Kier molecular flexibility index (Phi) is 6.78. The number of nitro groups is 1. The second kappa shape index (κ2) is 8.09. The van der Waals surface area contributed by atoms with Gasteiger partial charge in [-0.05, 0) is 18.4 Å². The zero-order valence-corrected chi connectivity index (χ0v) is 13.6. The van der Waals surface area contributed by atoms with Gasteiger partial charge in [0, 0.05) is 10.9 Å². The summed E-state index contributed by atoms with van der Waals surface area (Å²) >= 11 is 3.25. The Morgan fingerprint density at radius 1 is 1.40 bits per heavy atom. The van der Waals surface area contributed by atoms with Crippen LogP contribution in [0.2, 0.25) is 0 Å². The van der Waals surface area contributed by atoms with Crippen LogP contribution in [0, 0.1) is 16.0 Å². The number of hydrogen-bond acceptors (Lipinski definition) is 4. The molecule has 1 aromatic carbocycles. The van der Waals surface area contributed by atoms with Crippen LogP contribution in [-0.4, -0.2) is 18.6 Å². The Morgan fingerprint density at radius 3 is 2.60 bits per heavy atom. The molecule has 0 spiro atoms. The number of ether oxygens (including phenoxy) is 2. The number of nitro benzene ring substituents is 1. The molecule has 0 saturated heterocycles. The number of nitrogens with zero attached hydrogens (tertiary/aromatic N) is 1. The number of benzene rings is 1. The SMILES string of the molecule is CCCC(C)COc1cc([N+](=O)[O-])c(CBr)cc1OC. The molecule has 0 heterocycles. The standard InChI is InChI=1S/C14H20BrNO4/c1-4-5-10(2)9-20-14-7-12(16(17)18)11(8-15)6-13(14)19-3/h6-7,10H,4-5,8-9H2,1-3H3. The molecular weight excluding hydrogens is 326 g/mol. The van der Waals surface area contributed by atoms with Gasteiger partial charge >= 0.3 is 0 Å². The third-order valence-corrected chi connectivity index (χ3v) is 3.61. The van der Waals surface area contributed by atoms with E-state index in [0.717, 1.165) is 12.8 Å². The highest BCUT2D eigenvalue weighted by atomic mass is 79.9. The van der Waals surface area contributed by atoms with Crippen molar-refractivity contribution in [1.82, 2.24) is 0 Å². The molecule has 112 valence electrons. The number of rotatable bonds is 8. The zero-order chi connectivity index (χ0) is 15.1. The van der Waals surface area contributed by atoms with Crippen LogP contribution < -0.4 is 9.47 Å². The summed E-state index contributed by atoms with van der Waals surface area (Å²) in [5, 5.41) is 11.5. The van der Waals surface area contributed by atoms with E-state index in [0.29, 0.717) is 34.9 Å². The molecule has 1 rings (SSSR count). The summed E-state index contributed by atoms with van der Waals surface area (Å²) in [5.41, 5.74) is 0.613. The molecule has 5 nitrogen and oxygen atoms in total. The van der Waals surface area contributed by atoms with Crippen LogP contribution in [0.4, 0.5) is 5.69 Å². The number of methoxy groups -OCH3 is 1. The Hall–Kier alpha value is -1.30. The van der Waals surface area contributed by atoms with Crippen LogP contribution in [0.15, 0.2) is 12.1 Å². The second-order valence-corrected chi connectivity index (χ2v) is 5.29. The molecule has 1 unspecified atom stereocenters. The van der Waals surface area contributed by atoms with Crippen LogP contribution in [0.25, 0.3) is 0 Å². The van der Waals surface area contributed by atoms with E-state index in [9.17, 15) is 10.1 Å². The molecule has 0 aliphatic heterocycles. The predicted octanol–water partition coefficient (Wildman–Crippen LogP) is 4.31. The highest BCUT2D eigenvalue weighted by Crippen LogP contribution is 2.36. The molecule has 6 heteroatoms. The third kappa shape index (κ3) is 4.37. The lowest BCUT2D eigenvalue weighted by atomic mass is 10.1. The summed E-state index contributed by atoms with van der Waals surface area (Å²) in [6, 6.07) is 3.08. The first-order valence-corrected chi connectivity index (χ1v) is 7.69. The van der Waals surface area contributed by atoms with Crippen molar-refractivity contribution < 1.29 is 14.4 Å². The fourth-order valence-corrected chi connectivity index (χ4v) is 2.40. The first kappa shape index (κ1) is 16.8. The number of alkyl halides is 1. The van der Waals surface area contributed by atoms with Crippen LogP contribution in [0.3, 0.4) is 0 Å². The van der Waals surface area contributed by atoms with Crippen molar-refractivity contribution in [1.29, 1.82) is 0 Å². The van der Waals surface area contributed by atoms with Crippen LogP contribution >= 0.6 is 15.9 Å². The van der Waals surface area contributed by atoms with Crippen LogP contribution in [0.1, 0.15) is 32.3 Å². The largest absolute Gasteiger partial charge is 0.493 e. The van der Waals surface area contributed by atoms with Gasteiger partial charge < -0.3 is 9.47 Å². The van der Waals surface area contributed by atoms with Crippen LogP contribution in [0.5, 0.6) is 11.5 Å². The average Bonchev–Trinajstić information content (AvgIpc) is 2.44. The van der Waals surface area contributed by atoms with Gasteiger partial charge in [0.1, 0.15) is 0 Å². The quantitative estimate of drug-likeness (QED) is 0.400. The molecule has 0 bridgehead atoms. The number of hydrogen-bond donors (Lipinski definition) is 0. The van der Waals surface area contributed by atoms with E-state index < -0.39 is 4.92 Å². The topological polar surface area (TPSA) is 61.6 Å². The molecule has 0 radical (unpaired) electrons. The minimum atomic E-state index is -0.404. The number of halogens is 1. The van der Waals surface area contributed by atoms with E-state index in [4.69, 9.17) is 9.47 Å². The van der Waals surface area contributed by atoms with E-state index in [1.807, 2.05) is 0 Å². The molecule has 0 aliphatic rings. The molecule has 0 saturated carbocycles. The summed E-state index contributed by atoms with van der Waals surface area (Å²) < 4.78 is 10.9. The minimum Gasteiger partial charge on any atom is -0.493 e. The highest BCUT2D eigenvalue weighted by Gasteiger charge is 2.19. The van der Waals surface area contributed by atoms with Gasteiger partial charge in [-0.15, -0.1) is 0 Å². The molecule has 0 aliphatic carbocycles. The maximum absolute atomic E-state index is 11.1. The molecule has 0 N–H and O–H groups in total. The first-order valence-electron chi connectivity index (χ1n) is 6.57. The Labute approximate surface area is 127 Å². The van der Waals surface area contributed by atoms with Crippen molar-refractivity contribution in [3.8, 4) is 11.5 Å². The van der Waals surface area contributed by atoms with Gasteiger partial charge in [-0.3, -0.25) is 10.1 Å². The first-order chi connectivity index (χ1) is 9.53. The lowest BCUT2D eigenvalue weighted by Crippen LogP contribution is -2.09. The van der Waals surface area contributed by atoms with Crippen molar-refractivity contribution in [2.45, 2.75) is 32.0 Å². The van der Waals surface area contributed by atoms with Gasteiger partial charge in [0.25, 0.3) is 5.69 Å². The summed E-state index contributed by atoms with van der Waals surface area (Å²) in [6.45, 7) is 4.74.